The molecule has 0 aromatic rings. The number of carbonyl (C=O) groups excluding carboxylic acids is 2. The van der Waals surface area contributed by atoms with Gasteiger partial charge in [-0.2, -0.15) is 0 Å². The molecule has 0 N–H and O–H groups in total. The fraction of sp³-hybridized carbons (Fsp3) is 0.333. The van der Waals surface area contributed by atoms with Gasteiger partial charge in [-0.05, 0) is 6.08 Å². The van der Waals surface area contributed by atoms with E-state index in [1.807, 2.05) is 0 Å². The summed E-state index contributed by atoms with van der Waals surface area (Å²) in [7, 11) is 0. The van der Waals surface area contributed by atoms with E-state index in [4.69, 9.17) is 4.74 Å². The summed E-state index contributed by atoms with van der Waals surface area (Å²) < 4.78 is 9.22. The topological polar surface area (TPSA) is 52.6 Å². The van der Waals surface area contributed by atoms with Gasteiger partial charge in [-0.25, -0.2) is 0 Å². The number of hydrogen-bond donors (Lipinski definition) is 0. The van der Waals surface area contributed by atoms with Crippen LogP contribution in [0.1, 0.15) is 20.3 Å². The summed E-state index contributed by atoms with van der Waals surface area (Å²) in [6.45, 7) is 6.30. The van der Waals surface area contributed by atoms with Crippen LogP contribution >= 0.6 is 0 Å². The smallest absolute Gasteiger partial charge is 0.311 e. The molecule has 0 aromatic carbocycles. The second-order valence-corrected chi connectivity index (χ2v) is 2.16. The van der Waals surface area contributed by atoms with E-state index in [9.17, 15) is 9.59 Å². The van der Waals surface area contributed by atoms with Crippen molar-refractivity contribution in [3.63, 3.8) is 0 Å². The van der Waals surface area contributed by atoms with Crippen LogP contribution in [-0.4, -0.2) is 11.9 Å². The number of carbonyl (C=O) groups is 2. The van der Waals surface area contributed by atoms with Gasteiger partial charge in [-0.3, -0.25) is 9.59 Å². The van der Waals surface area contributed by atoms with Crippen LogP contribution < -0.4 is 0 Å². The van der Waals surface area contributed by atoms with Gasteiger partial charge in [0.25, 0.3) is 0 Å². The zero-order chi connectivity index (χ0) is 10.3. The lowest BCUT2D eigenvalue weighted by Gasteiger charge is -2.01. The lowest BCUT2D eigenvalue weighted by atomic mass is 10.5. The maximum Gasteiger partial charge on any atom is 0.311 e. The lowest BCUT2D eigenvalue weighted by Crippen LogP contribution is -2.02. The summed E-state index contributed by atoms with van der Waals surface area (Å²) in [5.74, 6) is -0.757. The number of hydrogen-bond acceptors (Lipinski definition) is 4. The highest BCUT2D eigenvalue weighted by Crippen LogP contribution is 2.01. The molecule has 0 unspecified atom stereocenters. The number of allylic oxidation sites excluding steroid dienone is 1. The molecule has 0 fully saturated rings. The zero-order valence-corrected chi connectivity index (χ0v) is 7.70. The van der Waals surface area contributed by atoms with Crippen molar-refractivity contribution in [1.82, 2.24) is 0 Å². The zero-order valence-electron chi connectivity index (χ0n) is 7.70. The van der Waals surface area contributed by atoms with Crippen LogP contribution in [0.25, 0.3) is 0 Å². The van der Waals surface area contributed by atoms with Gasteiger partial charge in [0.1, 0.15) is 6.26 Å². The monoisotopic (exact) mass is 184 g/mol. The van der Waals surface area contributed by atoms with Crippen LogP contribution in [0.5, 0.6) is 0 Å². The fourth-order valence-electron chi connectivity index (χ4n) is 0.459. The molecular weight excluding hydrogens is 172 g/mol. The van der Waals surface area contributed by atoms with E-state index in [0.717, 1.165) is 6.26 Å². The Kier molecular flexibility index (Phi) is 5.27. The summed E-state index contributed by atoms with van der Waals surface area (Å²) in [5, 5.41) is 0. The Labute approximate surface area is 76.8 Å². The number of rotatable bonds is 4. The average molecular weight is 184 g/mol. The third kappa shape index (κ3) is 5.66. The van der Waals surface area contributed by atoms with Crippen molar-refractivity contribution in [2.24, 2.45) is 0 Å². The van der Waals surface area contributed by atoms with Crippen molar-refractivity contribution in [2.75, 3.05) is 0 Å². The highest BCUT2D eigenvalue weighted by Gasteiger charge is 2.01. The maximum atomic E-state index is 10.8. The summed E-state index contributed by atoms with van der Waals surface area (Å²) in [6.07, 6.45) is 2.59. The molecule has 4 nitrogen and oxygen atoms in total. The largest absolute Gasteiger partial charge is 0.431 e. The second-order valence-electron chi connectivity index (χ2n) is 2.16. The first-order valence-corrected chi connectivity index (χ1v) is 3.80. The molecule has 0 aliphatic rings. The van der Waals surface area contributed by atoms with Gasteiger partial charge in [-0.15, -0.1) is 0 Å². The van der Waals surface area contributed by atoms with Crippen molar-refractivity contribution in [1.29, 1.82) is 0 Å². The summed E-state index contributed by atoms with van der Waals surface area (Å²) in [5.41, 5.74) is 0. The Morgan fingerprint density at radius 3 is 2.46 bits per heavy atom. The van der Waals surface area contributed by atoms with Crippen molar-refractivity contribution in [2.45, 2.75) is 20.3 Å². The molecule has 0 atom stereocenters. The van der Waals surface area contributed by atoms with E-state index in [1.54, 1.807) is 6.92 Å². The first kappa shape index (κ1) is 11.4. The molecule has 0 amide bonds. The van der Waals surface area contributed by atoms with Gasteiger partial charge in [0.15, 0.2) is 5.76 Å². The highest BCUT2D eigenvalue weighted by atomic mass is 16.6. The predicted molar refractivity (Wildman–Crippen MR) is 46.4 cm³/mol. The van der Waals surface area contributed by atoms with E-state index >= 15 is 0 Å². The van der Waals surface area contributed by atoms with Crippen LogP contribution in [0.15, 0.2) is 24.7 Å². The molecule has 4 heteroatoms. The number of esters is 2. The van der Waals surface area contributed by atoms with E-state index < -0.39 is 11.9 Å². The molecule has 0 spiro atoms. The number of ether oxygens (including phenoxy) is 2. The second kappa shape index (κ2) is 5.99. The fourth-order valence-corrected chi connectivity index (χ4v) is 0.459. The Morgan fingerprint density at radius 1 is 1.46 bits per heavy atom. The Morgan fingerprint density at radius 2 is 2.08 bits per heavy atom. The van der Waals surface area contributed by atoms with E-state index in [2.05, 4.69) is 11.3 Å². The van der Waals surface area contributed by atoms with Gasteiger partial charge in [0, 0.05) is 13.3 Å². The first-order chi connectivity index (χ1) is 6.10. The van der Waals surface area contributed by atoms with Crippen molar-refractivity contribution in [3.05, 3.63) is 24.7 Å². The SMILES string of the molecule is C=C/C(=C\OC(C)=O)OC(=O)CC. The summed E-state index contributed by atoms with van der Waals surface area (Å²) in [4.78, 5) is 21.2. The molecule has 0 saturated heterocycles. The molecule has 0 bridgehead atoms. The van der Waals surface area contributed by atoms with Crippen molar-refractivity contribution < 1.29 is 19.1 Å². The van der Waals surface area contributed by atoms with Gasteiger partial charge >= 0.3 is 11.9 Å². The van der Waals surface area contributed by atoms with Gasteiger partial charge in [0.05, 0.1) is 0 Å². The standard InChI is InChI=1S/C9H12O4/c1-4-8(6-12-7(3)10)13-9(11)5-2/h4,6H,1,5H2,2-3H3/b8-6+. The molecule has 0 heterocycles. The lowest BCUT2D eigenvalue weighted by molar-refractivity contribution is -0.140. The van der Waals surface area contributed by atoms with Gasteiger partial charge in [0.2, 0.25) is 0 Å². The molecule has 72 valence electrons. The van der Waals surface area contributed by atoms with Crippen molar-refractivity contribution in [3.8, 4) is 0 Å². The molecular formula is C9H12O4. The highest BCUT2D eigenvalue weighted by molar-refractivity contribution is 5.70. The Hall–Kier alpha value is -1.58. The van der Waals surface area contributed by atoms with Crippen LogP contribution in [0.3, 0.4) is 0 Å². The van der Waals surface area contributed by atoms with Crippen LogP contribution in [-0.2, 0) is 19.1 Å². The third-order valence-corrected chi connectivity index (χ3v) is 1.06. The summed E-state index contributed by atoms with van der Waals surface area (Å²) >= 11 is 0. The molecule has 0 rings (SSSR count). The van der Waals surface area contributed by atoms with Crippen LogP contribution in [0.4, 0.5) is 0 Å². The van der Waals surface area contributed by atoms with E-state index in [-0.39, 0.29) is 12.2 Å². The van der Waals surface area contributed by atoms with Gasteiger partial charge < -0.3 is 9.47 Å². The average Bonchev–Trinajstić information content (AvgIpc) is 2.11. The van der Waals surface area contributed by atoms with Crippen LogP contribution in [0, 0.1) is 0 Å². The minimum absolute atomic E-state index is 0.127. The third-order valence-electron chi connectivity index (χ3n) is 1.06. The Balaban J connectivity index is 4.16. The Bertz CT molecular complexity index is 240. The quantitative estimate of drug-likeness (QED) is 0.377. The molecule has 13 heavy (non-hydrogen) atoms. The normalized spacial score (nSPS) is 10.5. The van der Waals surface area contributed by atoms with Gasteiger partial charge in [-0.1, -0.05) is 13.5 Å². The predicted octanol–water partition coefficient (Wildman–Crippen LogP) is 1.53. The molecule has 0 aliphatic heterocycles. The maximum absolute atomic E-state index is 10.8. The molecule has 0 radical (unpaired) electrons. The molecule has 0 aliphatic carbocycles. The van der Waals surface area contributed by atoms with Crippen LogP contribution in [0.2, 0.25) is 0 Å². The van der Waals surface area contributed by atoms with E-state index in [1.165, 1.54) is 13.0 Å². The minimum atomic E-state index is -0.480. The molecule has 0 saturated carbocycles. The van der Waals surface area contributed by atoms with E-state index in [0.29, 0.717) is 0 Å². The molecule has 0 aromatic heterocycles. The first-order valence-electron chi connectivity index (χ1n) is 3.80. The van der Waals surface area contributed by atoms with Crippen molar-refractivity contribution >= 4 is 11.9 Å². The summed E-state index contributed by atoms with van der Waals surface area (Å²) in [6, 6.07) is 0. The minimum Gasteiger partial charge on any atom is -0.431 e.